The quantitative estimate of drug-likeness (QED) is 0.694. The van der Waals surface area contributed by atoms with Crippen molar-refractivity contribution >= 4 is 6.09 Å². The standard InChI is InChI=1S/C13H21NO2/c1-10-4-6-11(7-5-10)12-3-2-8-14(9-12)13(15)16/h4,11-12H,2-3,5-9H2,1H3,(H,15,16). The molecule has 1 fully saturated rings. The second kappa shape index (κ2) is 4.89. The number of carbonyl (C=O) groups is 1. The monoisotopic (exact) mass is 223 g/mol. The average molecular weight is 223 g/mol. The highest BCUT2D eigenvalue weighted by Gasteiger charge is 2.29. The van der Waals surface area contributed by atoms with E-state index < -0.39 is 6.09 Å². The average Bonchev–Trinajstić information content (AvgIpc) is 2.30. The van der Waals surface area contributed by atoms with Crippen LogP contribution < -0.4 is 0 Å². The van der Waals surface area contributed by atoms with Gasteiger partial charge in [-0.25, -0.2) is 4.79 Å². The summed E-state index contributed by atoms with van der Waals surface area (Å²) < 4.78 is 0. The summed E-state index contributed by atoms with van der Waals surface area (Å²) >= 11 is 0. The maximum Gasteiger partial charge on any atom is 0.407 e. The molecule has 2 aliphatic rings. The van der Waals surface area contributed by atoms with Gasteiger partial charge in [-0.2, -0.15) is 0 Å². The molecular formula is C13H21NO2. The van der Waals surface area contributed by atoms with E-state index in [4.69, 9.17) is 5.11 Å². The Hall–Kier alpha value is -0.990. The summed E-state index contributed by atoms with van der Waals surface area (Å²) in [5.41, 5.74) is 1.50. The largest absolute Gasteiger partial charge is 0.465 e. The van der Waals surface area contributed by atoms with Crippen LogP contribution in [0.15, 0.2) is 11.6 Å². The summed E-state index contributed by atoms with van der Waals surface area (Å²) in [4.78, 5) is 12.5. The Balaban J connectivity index is 1.92. The van der Waals surface area contributed by atoms with Gasteiger partial charge in [0.25, 0.3) is 0 Å². The highest BCUT2D eigenvalue weighted by Crippen LogP contribution is 2.34. The fraction of sp³-hybridized carbons (Fsp3) is 0.769. The number of carboxylic acid groups (broad SMARTS) is 1. The Labute approximate surface area is 97.1 Å². The van der Waals surface area contributed by atoms with Gasteiger partial charge in [-0.05, 0) is 50.9 Å². The lowest BCUT2D eigenvalue weighted by Crippen LogP contribution is -2.41. The van der Waals surface area contributed by atoms with Crippen molar-refractivity contribution in [3.05, 3.63) is 11.6 Å². The zero-order valence-corrected chi connectivity index (χ0v) is 9.98. The van der Waals surface area contributed by atoms with E-state index in [-0.39, 0.29) is 0 Å². The van der Waals surface area contributed by atoms with Crippen molar-refractivity contribution < 1.29 is 9.90 Å². The third kappa shape index (κ3) is 2.57. The number of piperidine rings is 1. The first-order valence-electron chi connectivity index (χ1n) is 6.30. The zero-order valence-electron chi connectivity index (χ0n) is 9.98. The number of nitrogens with zero attached hydrogens (tertiary/aromatic N) is 1. The summed E-state index contributed by atoms with van der Waals surface area (Å²) in [5, 5.41) is 9.01. The molecule has 0 aromatic heterocycles. The van der Waals surface area contributed by atoms with E-state index in [0.29, 0.717) is 11.8 Å². The summed E-state index contributed by atoms with van der Waals surface area (Å²) in [6.45, 7) is 3.68. The van der Waals surface area contributed by atoms with Crippen LogP contribution in [0.4, 0.5) is 4.79 Å². The maximum atomic E-state index is 10.9. The first-order chi connectivity index (χ1) is 7.66. The van der Waals surface area contributed by atoms with Gasteiger partial charge in [0.15, 0.2) is 0 Å². The van der Waals surface area contributed by atoms with Crippen LogP contribution in [0, 0.1) is 11.8 Å². The predicted molar refractivity (Wildman–Crippen MR) is 63.4 cm³/mol. The molecule has 1 N–H and O–H groups in total. The number of hydrogen-bond acceptors (Lipinski definition) is 1. The molecule has 1 aliphatic carbocycles. The maximum absolute atomic E-state index is 10.9. The Bertz CT molecular complexity index is 298. The number of rotatable bonds is 1. The van der Waals surface area contributed by atoms with Crippen LogP contribution in [-0.2, 0) is 0 Å². The molecule has 1 heterocycles. The second-order valence-corrected chi connectivity index (χ2v) is 5.22. The molecule has 0 spiro atoms. The molecule has 0 aromatic carbocycles. The topological polar surface area (TPSA) is 40.5 Å². The van der Waals surface area contributed by atoms with Crippen molar-refractivity contribution in [1.29, 1.82) is 0 Å². The lowest BCUT2D eigenvalue weighted by Gasteiger charge is -2.36. The van der Waals surface area contributed by atoms with Gasteiger partial charge >= 0.3 is 6.09 Å². The summed E-state index contributed by atoms with van der Waals surface area (Å²) in [6, 6.07) is 0. The van der Waals surface area contributed by atoms with Crippen molar-refractivity contribution in [3.8, 4) is 0 Å². The van der Waals surface area contributed by atoms with Gasteiger partial charge in [0.05, 0.1) is 0 Å². The molecule has 16 heavy (non-hydrogen) atoms. The van der Waals surface area contributed by atoms with Crippen LogP contribution >= 0.6 is 0 Å². The first-order valence-corrected chi connectivity index (χ1v) is 6.30. The molecule has 0 saturated carbocycles. The van der Waals surface area contributed by atoms with Crippen molar-refractivity contribution in [2.24, 2.45) is 11.8 Å². The lowest BCUT2D eigenvalue weighted by atomic mass is 9.77. The molecular weight excluding hydrogens is 202 g/mol. The Morgan fingerprint density at radius 3 is 2.88 bits per heavy atom. The summed E-state index contributed by atoms with van der Waals surface area (Å²) in [5.74, 6) is 1.31. The number of allylic oxidation sites excluding steroid dienone is 2. The van der Waals surface area contributed by atoms with Crippen LogP contribution in [0.3, 0.4) is 0 Å². The van der Waals surface area contributed by atoms with E-state index in [1.54, 1.807) is 4.90 Å². The second-order valence-electron chi connectivity index (χ2n) is 5.22. The minimum atomic E-state index is -0.743. The molecule has 1 aliphatic heterocycles. The van der Waals surface area contributed by atoms with Gasteiger partial charge in [0, 0.05) is 13.1 Å². The Morgan fingerprint density at radius 2 is 2.25 bits per heavy atom. The van der Waals surface area contributed by atoms with Crippen molar-refractivity contribution in [3.63, 3.8) is 0 Å². The predicted octanol–water partition coefficient (Wildman–Crippen LogP) is 3.12. The smallest absolute Gasteiger partial charge is 0.407 e. The molecule has 90 valence electrons. The van der Waals surface area contributed by atoms with Crippen LogP contribution in [-0.4, -0.2) is 29.2 Å². The summed E-state index contributed by atoms with van der Waals surface area (Å²) in [6.07, 6.45) is 7.46. The van der Waals surface area contributed by atoms with Gasteiger partial charge in [-0.1, -0.05) is 11.6 Å². The van der Waals surface area contributed by atoms with Crippen molar-refractivity contribution in [1.82, 2.24) is 4.90 Å². The van der Waals surface area contributed by atoms with Gasteiger partial charge in [-0.15, -0.1) is 0 Å². The molecule has 1 saturated heterocycles. The fourth-order valence-corrected chi connectivity index (χ4v) is 2.98. The normalized spacial score (nSPS) is 31.1. The SMILES string of the molecule is CC1=CCC(C2CCCN(C(=O)O)C2)CC1. The zero-order chi connectivity index (χ0) is 11.5. The molecule has 0 radical (unpaired) electrons. The highest BCUT2D eigenvalue weighted by atomic mass is 16.4. The summed E-state index contributed by atoms with van der Waals surface area (Å²) in [7, 11) is 0. The number of hydrogen-bond donors (Lipinski definition) is 1. The molecule has 3 heteroatoms. The minimum Gasteiger partial charge on any atom is -0.465 e. The Kier molecular flexibility index (Phi) is 3.52. The molecule has 2 atom stereocenters. The van der Waals surface area contributed by atoms with Crippen molar-refractivity contribution in [2.75, 3.05) is 13.1 Å². The lowest BCUT2D eigenvalue weighted by molar-refractivity contribution is 0.102. The van der Waals surface area contributed by atoms with Crippen molar-refractivity contribution in [2.45, 2.75) is 39.0 Å². The van der Waals surface area contributed by atoms with Gasteiger partial charge < -0.3 is 10.0 Å². The van der Waals surface area contributed by atoms with E-state index in [1.807, 2.05) is 0 Å². The number of amides is 1. The molecule has 2 unspecified atom stereocenters. The fourth-order valence-electron chi connectivity index (χ4n) is 2.98. The van der Waals surface area contributed by atoms with Gasteiger partial charge in [0.2, 0.25) is 0 Å². The van der Waals surface area contributed by atoms with E-state index >= 15 is 0 Å². The molecule has 2 rings (SSSR count). The van der Waals surface area contributed by atoms with Gasteiger partial charge in [-0.3, -0.25) is 0 Å². The van der Waals surface area contributed by atoms with Crippen LogP contribution in [0.5, 0.6) is 0 Å². The van der Waals surface area contributed by atoms with E-state index in [2.05, 4.69) is 13.0 Å². The van der Waals surface area contributed by atoms with E-state index in [9.17, 15) is 4.79 Å². The third-order valence-corrected chi connectivity index (χ3v) is 4.07. The first kappa shape index (κ1) is 11.5. The Morgan fingerprint density at radius 1 is 1.44 bits per heavy atom. The minimum absolute atomic E-state index is 0.592. The molecule has 0 bridgehead atoms. The molecule has 0 aromatic rings. The third-order valence-electron chi connectivity index (χ3n) is 4.07. The van der Waals surface area contributed by atoms with Crippen LogP contribution in [0.2, 0.25) is 0 Å². The molecule has 3 nitrogen and oxygen atoms in total. The van der Waals surface area contributed by atoms with E-state index in [1.165, 1.54) is 24.8 Å². The highest BCUT2D eigenvalue weighted by molar-refractivity contribution is 5.65. The number of likely N-dealkylation sites (tertiary alicyclic amines) is 1. The molecule has 1 amide bonds. The van der Waals surface area contributed by atoms with Crippen LogP contribution in [0.25, 0.3) is 0 Å². The van der Waals surface area contributed by atoms with Gasteiger partial charge in [0.1, 0.15) is 0 Å². The van der Waals surface area contributed by atoms with E-state index in [0.717, 1.165) is 25.9 Å². The van der Waals surface area contributed by atoms with Crippen LogP contribution in [0.1, 0.15) is 39.0 Å².